The Hall–Kier alpha value is -1.27. The van der Waals surface area contributed by atoms with Crippen molar-refractivity contribution in [1.82, 2.24) is 5.32 Å². The van der Waals surface area contributed by atoms with Crippen LogP contribution in [0.15, 0.2) is 24.3 Å². The molecule has 0 saturated heterocycles. The summed E-state index contributed by atoms with van der Waals surface area (Å²) in [6, 6.07) is 5.30. The Balaban J connectivity index is 2.49. The van der Waals surface area contributed by atoms with Crippen LogP contribution in [0.4, 0.5) is 0 Å². The number of ether oxygens (including phenoxy) is 1. The number of amides is 1. The molecular formula is C10H14AsNO6. The van der Waals surface area contributed by atoms with Crippen LogP contribution in [0, 0.1) is 0 Å². The number of aliphatic hydroxyl groups excluding tert-OH is 1. The molecule has 8 heteroatoms. The molecule has 0 aromatic heterocycles. The molecule has 0 saturated carbocycles. The second-order valence-corrected chi connectivity index (χ2v) is 6.77. The molecule has 0 atom stereocenters. The molecule has 100 valence electrons. The van der Waals surface area contributed by atoms with E-state index in [1.54, 1.807) is 0 Å². The fourth-order valence-electron chi connectivity index (χ4n) is 1.13. The Labute approximate surface area is 106 Å². The normalized spacial score (nSPS) is 11.1. The van der Waals surface area contributed by atoms with Gasteiger partial charge in [0.1, 0.15) is 0 Å². The summed E-state index contributed by atoms with van der Waals surface area (Å²) in [6.07, 6.45) is 0. The van der Waals surface area contributed by atoms with Crippen molar-refractivity contribution in [3.63, 3.8) is 0 Å². The van der Waals surface area contributed by atoms with E-state index >= 15 is 0 Å². The van der Waals surface area contributed by atoms with Crippen molar-refractivity contribution < 1.29 is 26.6 Å². The first-order valence-electron chi connectivity index (χ1n) is 5.10. The summed E-state index contributed by atoms with van der Waals surface area (Å²) in [5.74, 6) is -0.0472. The zero-order valence-corrected chi connectivity index (χ0v) is 11.3. The molecule has 1 amide bonds. The van der Waals surface area contributed by atoms with Crippen LogP contribution >= 0.6 is 0 Å². The minimum absolute atomic E-state index is 0.0507. The van der Waals surface area contributed by atoms with Crippen LogP contribution in [-0.4, -0.2) is 53.1 Å². The average Bonchev–Trinajstić information content (AvgIpc) is 2.33. The second kappa shape index (κ2) is 6.60. The Morgan fingerprint density at radius 2 is 1.89 bits per heavy atom. The molecule has 7 nitrogen and oxygen atoms in total. The maximum atomic E-state index is 11.1. The van der Waals surface area contributed by atoms with Crippen molar-refractivity contribution in [3.8, 4) is 5.75 Å². The van der Waals surface area contributed by atoms with Gasteiger partial charge in [-0.3, -0.25) is 0 Å². The first kappa shape index (κ1) is 14.8. The van der Waals surface area contributed by atoms with Gasteiger partial charge in [-0.1, -0.05) is 0 Å². The van der Waals surface area contributed by atoms with Gasteiger partial charge in [0.25, 0.3) is 0 Å². The number of carbonyl (C=O) groups is 1. The minimum atomic E-state index is -4.86. The molecule has 18 heavy (non-hydrogen) atoms. The van der Waals surface area contributed by atoms with Gasteiger partial charge in [0.05, 0.1) is 0 Å². The molecule has 0 aliphatic carbocycles. The van der Waals surface area contributed by atoms with Crippen LogP contribution in [0.3, 0.4) is 0 Å². The first-order valence-corrected chi connectivity index (χ1v) is 8.48. The van der Waals surface area contributed by atoms with E-state index in [9.17, 15) is 8.53 Å². The molecular weight excluding hydrogens is 305 g/mol. The molecule has 1 aromatic rings. The molecule has 1 aromatic carbocycles. The van der Waals surface area contributed by atoms with Crippen molar-refractivity contribution in [1.29, 1.82) is 0 Å². The quantitative estimate of drug-likeness (QED) is 0.440. The third-order valence-electron chi connectivity index (χ3n) is 1.98. The summed E-state index contributed by atoms with van der Waals surface area (Å²) in [7, 11) is 0. The van der Waals surface area contributed by atoms with Crippen molar-refractivity contribution in [2.75, 3.05) is 19.8 Å². The second-order valence-electron chi connectivity index (χ2n) is 3.40. The van der Waals surface area contributed by atoms with Crippen molar-refractivity contribution >= 4 is 24.4 Å². The van der Waals surface area contributed by atoms with Gasteiger partial charge in [-0.2, -0.15) is 0 Å². The molecule has 4 N–H and O–H groups in total. The van der Waals surface area contributed by atoms with Crippen LogP contribution < -0.4 is 14.4 Å². The number of carbonyl (C=O) groups excluding carboxylic acids is 1. The van der Waals surface area contributed by atoms with Gasteiger partial charge >= 0.3 is 106 Å². The van der Waals surface area contributed by atoms with Gasteiger partial charge < -0.3 is 0 Å². The molecule has 0 aliphatic heterocycles. The Morgan fingerprint density at radius 1 is 1.28 bits per heavy atom. The number of hydrogen-bond donors (Lipinski definition) is 4. The summed E-state index contributed by atoms with van der Waals surface area (Å²) < 4.78 is 33.9. The summed E-state index contributed by atoms with van der Waals surface area (Å²) in [5, 5.41) is 10.9. The average molecular weight is 319 g/mol. The number of rotatable bonds is 6. The Morgan fingerprint density at radius 3 is 2.39 bits per heavy atom. The standard InChI is InChI=1S/C10H14AsNO6/c13-6-5-12-10(14)7-18-9-3-1-8(2-4-9)11(15,16)17/h1-4,13H,5-7H2,(H,12,14)(H2,15,16,17). The number of aliphatic hydroxyl groups is 1. The molecule has 0 spiro atoms. The zero-order valence-electron chi connectivity index (χ0n) is 9.44. The topological polar surface area (TPSA) is 116 Å². The van der Waals surface area contributed by atoms with Crippen LogP contribution in [0.25, 0.3) is 0 Å². The van der Waals surface area contributed by atoms with Gasteiger partial charge in [0, 0.05) is 0 Å². The van der Waals surface area contributed by atoms with Gasteiger partial charge in [-0.05, 0) is 0 Å². The molecule has 0 bridgehead atoms. The first-order chi connectivity index (χ1) is 8.43. The van der Waals surface area contributed by atoms with Crippen LogP contribution in [0.2, 0.25) is 0 Å². The maximum absolute atomic E-state index is 11.1. The monoisotopic (exact) mass is 319 g/mol. The van der Waals surface area contributed by atoms with Crippen molar-refractivity contribution in [2.45, 2.75) is 0 Å². The van der Waals surface area contributed by atoms with E-state index in [1.165, 1.54) is 24.3 Å². The van der Waals surface area contributed by atoms with E-state index in [2.05, 4.69) is 5.32 Å². The summed E-state index contributed by atoms with van der Waals surface area (Å²) in [4.78, 5) is 11.1. The molecule has 0 aliphatic rings. The molecule has 1 rings (SSSR count). The van der Waals surface area contributed by atoms with E-state index in [-0.39, 0.29) is 30.0 Å². The molecule has 0 radical (unpaired) electrons. The Kier molecular flexibility index (Phi) is 5.43. The summed E-state index contributed by atoms with van der Waals surface area (Å²) in [5.41, 5.74) is 0. The predicted octanol–water partition coefficient (Wildman–Crippen LogP) is -2.27. The zero-order chi connectivity index (χ0) is 13.6. The van der Waals surface area contributed by atoms with Crippen molar-refractivity contribution in [3.05, 3.63) is 24.3 Å². The van der Waals surface area contributed by atoms with E-state index < -0.39 is 14.2 Å². The Bertz CT molecular complexity index is 440. The van der Waals surface area contributed by atoms with E-state index in [0.29, 0.717) is 5.75 Å². The van der Waals surface area contributed by atoms with Gasteiger partial charge in [-0.15, -0.1) is 0 Å². The van der Waals surface area contributed by atoms with Gasteiger partial charge in [0.15, 0.2) is 0 Å². The summed E-state index contributed by atoms with van der Waals surface area (Å²) in [6.45, 7) is -0.215. The fourth-order valence-corrected chi connectivity index (χ4v) is 2.26. The SMILES string of the molecule is O=C(COc1ccc([As](=O)(O)O)cc1)NCCO. The fraction of sp³-hybridized carbons (Fsp3) is 0.300. The van der Waals surface area contributed by atoms with Crippen LogP contribution in [-0.2, 0) is 8.53 Å². The van der Waals surface area contributed by atoms with E-state index in [0.717, 1.165) is 0 Å². The number of benzene rings is 1. The van der Waals surface area contributed by atoms with E-state index in [1.807, 2.05) is 0 Å². The third kappa shape index (κ3) is 4.93. The number of hydrogen-bond acceptors (Lipinski definition) is 4. The van der Waals surface area contributed by atoms with Crippen LogP contribution in [0.5, 0.6) is 5.75 Å². The van der Waals surface area contributed by atoms with Crippen molar-refractivity contribution in [2.24, 2.45) is 0 Å². The molecule has 0 unspecified atom stereocenters. The molecule has 0 fully saturated rings. The summed E-state index contributed by atoms with van der Waals surface area (Å²) >= 11 is -4.86. The van der Waals surface area contributed by atoms with Crippen LogP contribution in [0.1, 0.15) is 0 Å². The van der Waals surface area contributed by atoms with E-state index in [4.69, 9.17) is 18.0 Å². The molecule has 0 heterocycles. The van der Waals surface area contributed by atoms with Gasteiger partial charge in [-0.25, -0.2) is 0 Å². The number of nitrogens with one attached hydrogen (secondary N) is 1. The predicted molar refractivity (Wildman–Crippen MR) is 62.5 cm³/mol. The van der Waals surface area contributed by atoms with Gasteiger partial charge in [0.2, 0.25) is 0 Å². The third-order valence-corrected chi connectivity index (χ3v) is 4.01.